The molecule has 3 aromatic rings. The topological polar surface area (TPSA) is 365 Å². The molecule has 0 saturated carbocycles. The zero-order chi connectivity index (χ0) is 45.1. The molecule has 7 atom stereocenters. The molecule has 14 N–H and O–H groups in total. The first-order chi connectivity index (χ1) is 29.0. The fourth-order valence-electron chi connectivity index (χ4n) is 5.73. The maximum absolute atomic E-state index is 13.6. The predicted molar refractivity (Wildman–Crippen MR) is 214 cm³/mol. The molecule has 0 fully saturated rings. The van der Waals surface area contributed by atoms with Gasteiger partial charge in [-0.3, -0.25) is 33.6 Å². The summed E-state index contributed by atoms with van der Waals surface area (Å²) in [4.78, 5) is 117. The van der Waals surface area contributed by atoms with Gasteiger partial charge in [0.1, 0.15) is 36.3 Å². The Hall–Kier alpha value is -6.72. The van der Waals surface area contributed by atoms with E-state index < -0.39 is 109 Å². The number of carboxylic acid groups (broad SMARTS) is 1. The third-order valence-electron chi connectivity index (χ3n) is 9.01. The van der Waals surface area contributed by atoms with Crippen molar-refractivity contribution in [1.82, 2.24) is 57.2 Å². The van der Waals surface area contributed by atoms with Crippen molar-refractivity contribution < 1.29 is 53.7 Å². The van der Waals surface area contributed by atoms with Crippen LogP contribution in [0.15, 0.2) is 55.4 Å². The number of amides is 7. The molecule has 0 aliphatic rings. The second kappa shape index (κ2) is 24.4. The first-order valence-electron chi connectivity index (χ1n) is 19.3. The average Bonchev–Trinajstić information content (AvgIpc) is 3.95. The highest BCUT2D eigenvalue weighted by molar-refractivity contribution is 5.97. The summed E-state index contributed by atoms with van der Waals surface area (Å²) in [5.41, 5.74) is 7.73. The summed E-state index contributed by atoms with van der Waals surface area (Å²) >= 11 is 0. The van der Waals surface area contributed by atoms with E-state index >= 15 is 0 Å². The third kappa shape index (κ3) is 16.5. The number of nitrogens with zero attached hydrogens (tertiary/aromatic N) is 2. The van der Waals surface area contributed by atoms with E-state index in [1.165, 1.54) is 32.0 Å². The monoisotopic (exact) mass is 854 g/mol. The number of benzene rings is 1. The fraction of sp³-hybridized carbons (Fsp3) is 0.474. The van der Waals surface area contributed by atoms with Crippen LogP contribution in [0.5, 0.6) is 0 Å². The summed E-state index contributed by atoms with van der Waals surface area (Å²) < 4.78 is 0. The number of aliphatic hydroxyl groups is 2. The van der Waals surface area contributed by atoms with Crippen LogP contribution in [0.4, 0.5) is 0 Å². The second-order valence-electron chi connectivity index (χ2n) is 14.5. The summed E-state index contributed by atoms with van der Waals surface area (Å²) in [7, 11) is 0. The van der Waals surface area contributed by atoms with E-state index in [0.29, 0.717) is 17.0 Å². The summed E-state index contributed by atoms with van der Waals surface area (Å²) in [6, 6.07) is -0.917. The molecule has 0 radical (unpaired) electrons. The highest BCUT2D eigenvalue weighted by Crippen LogP contribution is 2.09. The maximum atomic E-state index is 13.6. The zero-order valence-corrected chi connectivity index (χ0v) is 33.8. The number of aromatic nitrogens is 4. The lowest BCUT2D eigenvalue weighted by atomic mass is 10.0. The molecule has 23 nitrogen and oxygen atoms in total. The smallest absolute Gasteiger partial charge is 0.328 e. The van der Waals surface area contributed by atoms with Crippen LogP contribution in [-0.4, -0.2) is 145 Å². The minimum absolute atomic E-state index is 0.0656. The number of carbonyl (C=O) groups is 8. The van der Waals surface area contributed by atoms with E-state index in [9.17, 15) is 48.6 Å². The molecule has 7 amide bonds. The summed E-state index contributed by atoms with van der Waals surface area (Å²) in [5.74, 6) is -7.44. The van der Waals surface area contributed by atoms with Crippen LogP contribution < -0.4 is 43.0 Å². The van der Waals surface area contributed by atoms with Crippen LogP contribution >= 0.6 is 0 Å². The van der Waals surface area contributed by atoms with Gasteiger partial charge < -0.3 is 68.2 Å². The molecule has 0 spiro atoms. The number of nitrogens with two attached hydrogens (primary N) is 1. The second-order valence-corrected chi connectivity index (χ2v) is 14.5. The van der Waals surface area contributed by atoms with Gasteiger partial charge in [-0.1, -0.05) is 44.2 Å². The average molecular weight is 855 g/mol. The molecule has 23 heteroatoms. The van der Waals surface area contributed by atoms with Crippen LogP contribution in [0.3, 0.4) is 0 Å². The van der Waals surface area contributed by atoms with Gasteiger partial charge >= 0.3 is 5.97 Å². The van der Waals surface area contributed by atoms with E-state index in [4.69, 9.17) is 10.8 Å². The standard InChI is InChI=1S/C38H54N12O11/c1-20(2)9-26(47-33(55)25(39)11-23-13-40-18-43-23)36(58)49-28(12-24-14-41-19-44-24)34(56)42-15-31(53)46-29(16-51)37(59)48-27(10-22-7-5-4-6-8-22)35(57)45-21(3)32(54)50-30(17-52)38(60)61/h4-8,13-14,18-21,25-30,51-52H,9-12,15-17,39H2,1-3H3,(H,40,43)(H,41,44)(H,42,56)(H,45,57)(H,46,53)(H,47,55)(H,48,59)(H,49,58)(H,50,54)(H,60,61)/t21-,25-,26-,27-,28-,29-,30-/m0/s1. The van der Waals surface area contributed by atoms with Gasteiger partial charge in [-0.25, -0.2) is 14.8 Å². The fourth-order valence-corrected chi connectivity index (χ4v) is 5.73. The van der Waals surface area contributed by atoms with Gasteiger partial charge in [0.25, 0.3) is 0 Å². The van der Waals surface area contributed by atoms with Crippen molar-refractivity contribution in [1.29, 1.82) is 0 Å². The Morgan fingerprint density at radius 1 is 0.623 bits per heavy atom. The van der Waals surface area contributed by atoms with Gasteiger partial charge in [0, 0.05) is 43.0 Å². The van der Waals surface area contributed by atoms with Gasteiger partial charge in [-0.15, -0.1) is 0 Å². The normalized spacial score (nSPS) is 14.5. The first kappa shape index (κ1) is 48.6. The number of rotatable bonds is 25. The third-order valence-corrected chi connectivity index (χ3v) is 9.01. The Labute approximate surface area is 350 Å². The Bertz CT molecular complexity index is 1910. The van der Waals surface area contributed by atoms with Crippen LogP contribution in [-0.2, 0) is 57.6 Å². The largest absolute Gasteiger partial charge is 0.480 e. The van der Waals surface area contributed by atoms with Gasteiger partial charge in [0.2, 0.25) is 41.4 Å². The number of aromatic amines is 2. The number of carboxylic acids is 1. The molecule has 0 unspecified atom stereocenters. The first-order valence-corrected chi connectivity index (χ1v) is 19.3. The molecule has 0 bridgehead atoms. The van der Waals surface area contributed by atoms with Crippen molar-refractivity contribution in [2.75, 3.05) is 19.8 Å². The van der Waals surface area contributed by atoms with Crippen molar-refractivity contribution in [2.24, 2.45) is 11.7 Å². The Morgan fingerprint density at radius 3 is 1.69 bits per heavy atom. The van der Waals surface area contributed by atoms with E-state index in [1.807, 2.05) is 13.8 Å². The molecule has 1 aromatic carbocycles. The Balaban J connectivity index is 1.66. The van der Waals surface area contributed by atoms with Crippen LogP contribution in [0, 0.1) is 5.92 Å². The number of hydrogen-bond donors (Lipinski definition) is 13. The van der Waals surface area contributed by atoms with Crippen molar-refractivity contribution >= 4 is 47.3 Å². The maximum Gasteiger partial charge on any atom is 0.328 e. The molecular formula is C38H54N12O11. The number of imidazole rings is 2. The molecule has 0 aliphatic carbocycles. The number of carbonyl (C=O) groups excluding carboxylic acids is 7. The van der Waals surface area contributed by atoms with Crippen molar-refractivity contribution in [3.8, 4) is 0 Å². The Kier molecular flexibility index (Phi) is 19.4. The van der Waals surface area contributed by atoms with Crippen LogP contribution in [0.2, 0.25) is 0 Å². The zero-order valence-electron chi connectivity index (χ0n) is 33.8. The number of hydrogen-bond acceptors (Lipinski definition) is 13. The highest BCUT2D eigenvalue weighted by atomic mass is 16.4. The molecule has 332 valence electrons. The Morgan fingerprint density at radius 2 is 1.15 bits per heavy atom. The van der Waals surface area contributed by atoms with Gasteiger partial charge in [0.15, 0.2) is 0 Å². The molecule has 0 aliphatic heterocycles. The molecular weight excluding hydrogens is 800 g/mol. The van der Waals surface area contributed by atoms with E-state index in [2.05, 4.69) is 57.2 Å². The minimum atomic E-state index is -1.63. The molecule has 61 heavy (non-hydrogen) atoms. The van der Waals surface area contributed by atoms with Crippen LogP contribution in [0.1, 0.15) is 44.1 Å². The van der Waals surface area contributed by atoms with Gasteiger partial charge in [-0.05, 0) is 24.8 Å². The molecule has 0 saturated heterocycles. The molecule has 2 aromatic heterocycles. The SMILES string of the molecule is CC(C)C[C@H](NC(=O)[C@@H](N)Cc1cnc[nH]1)C(=O)N[C@@H](Cc1cnc[nH]1)C(=O)NCC(=O)N[C@@H](CO)C(=O)N[C@@H](Cc1ccccc1)C(=O)N[C@@H](C)C(=O)N[C@@H](CO)C(=O)O. The van der Waals surface area contributed by atoms with E-state index in [-0.39, 0.29) is 31.6 Å². The van der Waals surface area contributed by atoms with E-state index in [0.717, 1.165) is 0 Å². The lowest BCUT2D eigenvalue weighted by molar-refractivity contribution is -0.143. The van der Waals surface area contributed by atoms with Crippen molar-refractivity contribution in [2.45, 2.75) is 88.7 Å². The number of H-pyrrole nitrogens is 2. The van der Waals surface area contributed by atoms with Crippen molar-refractivity contribution in [3.05, 3.63) is 72.3 Å². The highest BCUT2D eigenvalue weighted by Gasteiger charge is 2.32. The number of aliphatic hydroxyl groups excluding tert-OH is 2. The summed E-state index contributed by atoms with van der Waals surface area (Å²) in [5, 5.41) is 45.3. The summed E-state index contributed by atoms with van der Waals surface area (Å²) in [6.45, 7) is 2.37. The summed E-state index contributed by atoms with van der Waals surface area (Å²) in [6.07, 6.45) is 5.86. The molecule has 2 heterocycles. The lowest BCUT2D eigenvalue weighted by Crippen LogP contribution is -2.59. The predicted octanol–water partition coefficient (Wildman–Crippen LogP) is -4.35. The van der Waals surface area contributed by atoms with Crippen LogP contribution in [0.25, 0.3) is 0 Å². The molecule has 3 rings (SSSR count). The quantitative estimate of drug-likeness (QED) is 0.0383. The van der Waals surface area contributed by atoms with E-state index in [1.54, 1.807) is 30.3 Å². The number of nitrogens with one attached hydrogen (secondary N) is 9. The lowest BCUT2D eigenvalue weighted by Gasteiger charge is -2.25. The van der Waals surface area contributed by atoms with Gasteiger partial charge in [0.05, 0.1) is 38.5 Å². The minimum Gasteiger partial charge on any atom is -0.480 e. The number of aliphatic carboxylic acids is 1. The van der Waals surface area contributed by atoms with Crippen molar-refractivity contribution in [3.63, 3.8) is 0 Å². The van der Waals surface area contributed by atoms with Gasteiger partial charge in [-0.2, -0.15) is 0 Å².